The van der Waals surface area contributed by atoms with Crippen molar-refractivity contribution in [1.29, 1.82) is 0 Å². The van der Waals surface area contributed by atoms with Gasteiger partial charge in [0, 0.05) is 31.7 Å². The van der Waals surface area contributed by atoms with Crippen LogP contribution in [-0.2, 0) is 9.59 Å². The van der Waals surface area contributed by atoms with Crippen molar-refractivity contribution >= 4 is 18.8 Å². The summed E-state index contributed by atoms with van der Waals surface area (Å²) in [7, 11) is 0. The van der Waals surface area contributed by atoms with E-state index in [0.717, 1.165) is 36.8 Å². The Labute approximate surface area is 195 Å². The molecule has 0 saturated carbocycles. The van der Waals surface area contributed by atoms with Crippen molar-refractivity contribution in [1.82, 2.24) is 15.1 Å². The molecule has 0 spiro atoms. The molecule has 2 aromatic rings. The van der Waals surface area contributed by atoms with Crippen LogP contribution < -0.4 is 4.90 Å². The lowest BCUT2D eigenvalue weighted by Gasteiger charge is -2.55. The summed E-state index contributed by atoms with van der Waals surface area (Å²) in [4.78, 5) is 22.1. The van der Waals surface area contributed by atoms with Gasteiger partial charge in [0.2, 0.25) is 0 Å². The molecule has 1 aromatic heterocycles. The van der Waals surface area contributed by atoms with Crippen LogP contribution in [0.3, 0.4) is 0 Å². The molecule has 0 radical (unpaired) electrons. The number of hydrogen-bond donors (Lipinski definition) is 2. The van der Waals surface area contributed by atoms with Gasteiger partial charge in [-0.3, -0.25) is 14.5 Å². The van der Waals surface area contributed by atoms with Crippen LogP contribution in [0.1, 0.15) is 48.4 Å². The molecule has 0 aliphatic carbocycles. The third-order valence-corrected chi connectivity index (χ3v) is 7.20. The van der Waals surface area contributed by atoms with Crippen molar-refractivity contribution in [3.8, 4) is 0 Å². The lowest BCUT2D eigenvalue weighted by Crippen LogP contribution is -2.60. The third-order valence-electron chi connectivity index (χ3n) is 7.20. The minimum Gasteiger partial charge on any atom is -0.483 e. The number of carboxylic acid groups (broad SMARTS) is 2. The topological polar surface area (TPSA) is 107 Å². The first-order valence-corrected chi connectivity index (χ1v) is 11.5. The van der Waals surface area contributed by atoms with E-state index in [1.54, 1.807) is 0 Å². The predicted molar refractivity (Wildman–Crippen MR) is 126 cm³/mol. The van der Waals surface area contributed by atoms with Gasteiger partial charge in [0.25, 0.3) is 12.9 Å². The molecule has 3 fully saturated rings. The largest absolute Gasteiger partial charge is 0.483 e. The number of anilines is 1. The Bertz CT molecular complexity index is 905. The zero-order chi connectivity index (χ0) is 23.8. The monoisotopic (exact) mass is 454 g/mol. The molecule has 8 heteroatoms. The van der Waals surface area contributed by atoms with Gasteiger partial charge in [-0.05, 0) is 68.1 Å². The number of carbonyl (C=O) groups is 2. The summed E-state index contributed by atoms with van der Waals surface area (Å²) in [6, 6.07) is 12.5. The SMILES string of the molecule is Cc1cnnc(N2C[C@@H]3C[C@H](C2)[C@@H]2CCC[C@H](c4ccccc4)N2C3)c1C.O=CO.O=CO. The zero-order valence-corrected chi connectivity index (χ0v) is 19.4. The molecule has 4 atom stereocenters. The van der Waals surface area contributed by atoms with Crippen LogP contribution >= 0.6 is 0 Å². The van der Waals surface area contributed by atoms with Gasteiger partial charge in [0.15, 0.2) is 5.82 Å². The summed E-state index contributed by atoms with van der Waals surface area (Å²) in [5.41, 5.74) is 4.06. The minimum atomic E-state index is -0.250. The fourth-order valence-electron chi connectivity index (χ4n) is 5.83. The van der Waals surface area contributed by atoms with Crippen molar-refractivity contribution in [3.63, 3.8) is 0 Å². The van der Waals surface area contributed by atoms with Gasteiger partial charge >= 0.3 is 0 Å². The second-order valence-electron chi connectivity index (χ2n) is 9.08. The van der Waals surface area contributed by atoms with E-state index >= 15 is 0 Å². The quantitative estimate of drug-likeness (QED) is 0.664. The molecule has 3 aliphatic heterocycles. The van der Waals surface area contributed by atoms with Crippen LogP contribution in [0.25, 0.3) is 0 Å². The molecule has 2 bridgehead atoms. The van der Waals surface area contributed by atoms with E-state index in [1.165, 1.54) is 48.9 Å². The van der Waals surface area contributed by atoms with Gasteiger partial charge in [0.05, 0.1) is 6.20 Å². The molecular formula is C25H34N4O4. The Hall–Kier alpha value is -3.00. The van der Waals surface area contributed by atoms with Gasteiger partial charge in [-0.15, -0.1) is 5.10 Å². The molecule has 3 saturated heterocycles. The molecule has 178 valence electrons. The van der Waals surface area contributed by atoms with E-state index in [-0.39, 0.29) is 12.9 Å². The van der Waals surface area contributed by atoms with Crippen LogP contribution in [0.2, 0.25) is 0 Å². The first kappa shape index (κ1) is 24.6. The second-order valence-corrected chi connectivity index (χ2v) is 9.08. The normalized spacial score (nSPS) is 25.9. The van der Waals surface area contributed by atoms with Crippen LogP contribution in [0.5, 0.6) is 0 Å². The first-order valence-electron chi connectivity index (χ1n) is 11.5. The Morgan fingerprint density at radius 2 is 1.70 bits per heavy atom. The lowest BCUT2D eigenvalue weighted by molar-refractivity contribution is -0.123. The highest BCUT2D eigenvalue weighted by atomic mass is 16.3. The Morgan fingerprint density at radius 3 is 2.39 bits per heavy atom. The summed E-state index contributed by atoms with van der Waals surface area (Å²) >= 11 is 0. The highest BCUT2D eigenvalue weighted by Crippen LogP contribution is 2.45. The zero-order valence-electron chi connectivity index (χ0n) is 19.4. The number of nitrogens with zero attached hydrogens (tertiary/aromatic N) is 4. The van der Waals surface area contributed by atoms with E-state index < -0.39 is 0 Å². The molecule has 2 N–H and O–H groups in total. The van der Waals surface area contributed by atoms with E-state index in [4.69, 9.17) is 19.8 Å². The number of aryl methyl sites for hydroxylation is 1. The maximum Gasteiger partial charge on any atom is 0.290 e. The number of piperidine rings is 3. The van der Waals surface area contributed by atoms with E-state index in [2.05, 4.69) is 64.2 Å². The van der Waals surface area contributed by atoms with E-state index in [9.17, 15) is 0 Å². The number of fused-ring (bicyclic) bond motifs is 4. The smallest absolute Gasteiger partial charge is 0.290 e. The van der Waals surface area contributed by atoms with Gasteiger partial charge in [-0.2, -0.15) is 5.10 Å². The maximum atomic E-state index is 8.36. The van der Waals surface area contributed by atoms with Crippen molar-refractivity contribution in [3.05, 3.63) is 53.2 Å². The fraction of sp³-hybridized carbons (Fsp3) is 0.520. The minimum absolute atomic E-state index is 0.250. The van der Waals surface area contributed by atoms with Gasteiger partial charge < -0.3 is 15.1 Å². The average molecular weight is 455 g/mol. The Morgan fingerprint density at radius 1 is 1.00 bits per heavy atom. The highest BCUT2D eigenvalue weighted by Gasteiger charge is 2.45. The molecule has 33 heavy (non-hydrogen) atoms. The van der Waals surface area contributed by atoms with Crippen molar-refractivity contribution in [2.45, 2.75) is 51.6 Å². The molecular weight excluding hydrogens is 420 g/mol. The number of benzene rings is 1. The predicted octanol–water partition coefficient (Wildman–Crippen LogP) is 3.55. The summed E-state index contributed by atoms with van der Waals surface area (Å²) in [5, 5.41) is 22.5. The van der Waals surface area contributed by atoms with Crippen molar-refractivity contribution in [2.75, 3.05) is 24.5 Å². The third kappa shape index (κ3) is 5.68. The fourth-order valence-corrected chi connectivity index (χ4v) is 5.83. The molecule has 0 amide bonds. The Kier molecular flexibility index (Phi) is 8.77. The first-order chi connectivity index (χ1) is 16.0. The van der Waals surface area contributed by atoms with Crippen LogP contribution in [0.4, 0.5) is 5.82 Å². The van der Waals surface area contributed by atoms with Crippen LogP contribution in [0.15, 0.2) is 36.5 Å². The van der Waals surface area contributed by atoms with Crippen molar-refractivity contribution < 1.29 is 19.8 Å². The Balaban J connectivity index is 0.000000464. The van der Waals surface area contributed by atoms with Gasteiger partial charge in [-0.1, -0.05) is 30.3 Å². The summed E-state index contributed by atoms with van der Waals surface area (Å²) in [6.07, 6.45) is 7.29. The number of rotatable bonds is 2. The van der Waals surface area contributed by atoms with Crippen LogP contribution in [-0.4, -0.2) is 63.9 Å². The second kappa shape index (κ2) is 11.7. The van der Waals surface area contributed by atoms with E-state index in [0.29, 0.717) is 6.04 Å². The van der Waals surface area contributed by atoms with Gasteiger partial charge in [0.1, 0.15) is 0 Å². The van der Waals surface area contributed by atoms with E-state index in [1.807, 2.05) is 6.20 Å². The molecule has 5 rings (SSSR count). The number of aromatic nitrogens is 2. The maximum absolute atomic E-state index is 8.36. The average Bonchev–Trinajstić information content (AvgIpc) is 2.82. The number of hydrogen-bond acceptors (Lipinski definition) is 6. The molecule has 8 nitrogen and oxygen atoms in total. The standard InChI is InChI=1S/C23H30N4.2CH2O2/c1-16-12-24-25-23(17(16)2)26-13-18-11-20(15-26)22-10-6-9-21(27(22)14-18)19-7-4-3-5-8-19;2*2-1-3/h3-5,7-8,12,18,20-22H,6,9-11,13-15H2,1-2H3;2*1H,(H,2,3)/t18-,20+,21+,22-;;/m0../s1. The van der Waals surface area contributed by atoms with Crippen molar-refractivity contribution in [2.24, 2.45) is 11.8 Å². The van der Waals surface area contributed by atoms with Gasteiger partial charge in [-0.25, -0.2) is 0 Å². The highest BCUT2D eigenvalue weighted by molar-refractivity contribution is 5.49. The summed E-state index contributed by atoms with van der Waals surface area (Å²) in [5.74, 6) is 2.62. The summed E-state index contributed by atoms with van der Waals surface area (Å²) < 4.78 is 0. The molecule has 1 aromatic carbocycles. The lowest BCUT2D eigenvalue weighted by atomic mass is 9.74. The van der Waals surface area contributed by atoms with Crippen LogP contribution in [0, 0.1) is 25.7 Å². The summed E-state index contributed by atoms with van der Waals surface area (Å²) in [6.45, 7) is 7.33. The molecule has 3 aliphatic rings. The molecule has 0 unspecified atom stereocenters. The molecule has 4 heterocycles.